The fourth-order valence-corrected chi connectivity index (χ4v) is 5.10. The fraction of sp³-hybridized carbons (Fsp3) is 0.444. The molecule has 0 spiro atoms. The lowest BCUT2D eigenvalue weighted by atomic mass is 10.1. The van der Waals surface area contributed by atoms with E-state index in [0.717, 1.165) is 65.6 Å². The number of alkyl carbamates (subject to hydrolysis) is 2. The van der Waals surface area contributed by atoms with Gasteiger partial charge in [-0.3, -0.25) is 15.4 Å². The number of carbonyl (C=O) groups is 3. The molecule has 5 N–H and O–H groups in total. The van der Waals surface area contributed by atoms with E-state index in [4.69, 9.17) is 20.2 Å². The number of benzene rings is 2. The Hall–Kier alpha value is -5.20. The number of imidazole rings is 1. The molecule has 2 aromatic carbocycles. The Morgan fingerprint density at radius 3 is 2.12 bits per heavy atom. The minimum absolute atomic E-state index is 0.114. The van der Waals surface area contributed by atoms with Crippen LogP contribution in [0.4, 0.5) is 15.4 Å². The first-order valence-corrected chi connectivity index (χ1v) is 16.6. The lowest BCUT2D eigenvalue weighted by Gasteiger charge is -2.22. The third kappa shape index (κ3) is 10.6. The number of hydrogen-bond acceptors (Lipinski definition) is 9. The Bertz CT molecular complexity index is 1790. The van der Waals surface area contributed by atoms with Crippen LogP contribution in [0.25, 0.3) is 21.9 Å². The summed E-state index contributed by atoms with van der Waals surface area (Å²) in [7, 11) is 0. The number of fused-ring (bicyclic) bond motifs is 3. The van der Waals surface area contributed by atoms with Crippen LogP contribution in [-0.4, -0.2) is 56.3 Å². The second kappa shape index (κ2) is 15.8. The van der Waals surface area contributed by atoms with Crippen LogP contribution in [0.2, 0.25) is 0 Å². The lowest BCUT2D eigenvalue weighted by molar-refractivity contribution is 0.0544. The molecule has 0 radical (unpaired) electrons. The first-order valence-electron chi connectivity index (χ1n) is 16.6. The molecule has 0 unspecified atom stereocenters. The zero-order chi connectivity index (χ0) is 35.8. The number of pyridine rings is 1. The number of amides is 3. The highest BCUT2D eigenvalue weighted by Crippen LogP contribution is 2.29. The van der Waals surface area contributed by atoms with Gasteiger partial charge in [0.05, 0.1) is 17.6 Å². The topological polar surface area (TPSA) is 175 Å². The molecule has 13 heteroatoms. The van der Waals surface area contributed by atoms with E-state index in [-0.39, 0.29) is 18.4 Å². The van der Waals surface area contributed by atoms with Crippen molar-refractivity contribution in [2.75, 3.05) is 12.3 Å². The monoisotopic (exact) mass is 672 g/mol. The van der Waals surface area contributed by atoms with Crippen LogP contribution in [-0.2, 0) is 29.0 Å². The number of unbranched alkanes of at least 4 members (excludes halogenated alkanes) is 1. The maximum absolute atomic E-state index is 12.9. The van der Waals surface area contributed by atoms with Gasteiger partial charge in [-0.05, 0) is 84.6 Å². The molecule has 0 atom stereocenters. The SMILES string of the molecule is CCCc1nc2c(N)nc3ccccc3c2n1CCCCNC(=O)c1ccc(CN=C(NC(=O)OC(C)(C)C)NC(=O)OC(C)(C)C)cc1. The van der Waals surface area contributed by atoms with Crippen molar-refractivity contribution in [2.24, 2.45) is 4.99 Å². The van der Waals surface area contributed by atoms with Gasteiger partial charge in [-0.25, -0.2) is 24.5 Å². The van der Waals surface area contributed by atoms with Crippen molar-refractivity contribution in [3.63, 3.8) is 0 Å². The van der Waals surface area contributed by atoms with Crippen LogP contribution < -0.4 is 21.7 Å². The average Bonchev–Trinajstić information content (AvgIpc) is 3.37. The molecule has 2 heterocycles. The van der Waals surface area contributed by atoms with Gasteiger partial charge >= 0.3 is 12.2 Å². The number of nitrogens with zero attached hydrogens (tertiary/aromatic N) is 4. The molecule has 4 aromatic rings. The molecule has 0 aliphatic rings. The Balaban J connectivity index is 1.33. The Labute approximate surface area is 287 Å². The van der Waals surface area contributed by atoms with Crippen molar-refractivity contribution in [2.45, 2.75) is 98.4 Å². The molecule has 2 aromatic heterocycles. The number of guanidine groups is 1. The smallest absolute Gasteiger partial charge is 0.414 e. The minimum atomic E-state index is -0.774. The highest BCUT2D eigenvalue weighted by molar-refractivity contribution is 6.06. The Morgan fingerprint density at radius 1 is 0.878 bits per heavy atom. The number of aromatic nitrogens is 3. The molecule has 0 aliphatic heterocycles. The maximum atomic E-state index is 12.9. The number of ether oxygens (including phenoxy) is 2. The van der Waals surface area contributed by atoms with Crippen molar-refractivity contribution in [3.8, 4) is 0 Å². The van der Waals surface area contributed by atoms with Crippen LogP contribution in [0.1, 0.15) is 89.5 Å². The van der Waals surface area contributed by atoms with E-state index in [1.807, 2.05) is 18.2 Å². The van der Waals surface area contributed by atoms with E-state index >= 15 is 0 Å². The van der Waals surface area contributed by atoms with Crippen molar-refractivity contribution in [1.82, 2.24) is 30.5 Å². The van der Waals surface area contributed by atoms with Crippen molar-refractivity contribution >= 4 is 51.8 Å². The predicted octanol–water partition coefficient (Wildman–Crippen LogP) is 6.23. The van der Waals surface area contributed by atoms with Gasteiger partial charge in [0.25, 0.3) is 5.91 Å². The third-order valence-corrected chi connectivity index (χ3v) is 7.13. The van der Waals surface area contributed by atoms with E-state index in [9.17, 15) is 14.4 Å². The minimum Gasteiger partial charge on any atom is -0.444 e. The molecule has 0 bridgehead atoms. The molecule has 0 saturated carbocycles. The summed E-state index contributed by atoms with van der Waals surface area (Å²) in [6, 6.07) is 14.9. The largest absolute Gasteiger partial charge is 0.444 e. The molecule has 49 heavy (non-hydrogen) atoms. The van der Waals surface area contributed by atoms with Gasteiger partial charge in [-0.15, -0.1) is 0 Å². The highest BCUT2D eigenvalue weighted by Gasteiger charge is 2.21. The number of nitrogen functional groups attached to an aromatic ring is 1. The number of aryl methyl sites for hydroxylation is 2. The molecule has 262 valence electrons. The maximum Gasteiger partial charge on any atom is 0.414 e. The fourth-order valence-electron chi connectivity index (χ4n) is 5.10. The number of carbonyl (C=O) groups excluding carboxylic acids is 3. The molecule has 0 saturated heterocycles. The Kier molecular flexibility index (Phi) is 11.8. The quantitative estimate of drug-likeness (QED) is 0.0870. The van der Waals surface area contributed by atoms with Gasteiger partial charge in [-0.1, -0.05) is 37.3 Å². The second-order valence-electron chi connectivity index (χ2n) is 13.7. The zero-order valence-electron chi connectivity index (χ0n) is 29.5. The van der Waals surface area contributed by atoms with Crippen LogP contribution in [0, 0.1) is 0 Å². The Morgan fingerprint density at radius 2 is 1.51 bits per heavy atom. The summed E-state index contributed by atoms with van der Waals surface area (Å²) in [6.45, 7) is 13.9. The van der Waals surface area contributed by atoms with Crippen LogP contribution in [0.3, 0.4) is 0 Å². The van der Waals surface area contributed by atoms with E-state index in [2.05, 4.69) is 43.5 Å². The number of aliphatic imine (C=N–C) groups is 1. The molecule has 13 nitrogen and oxygen atoms in total. The summed E-state index contributed by atoms with van der Waals surface area (Å²) in [6.07, 6.45) is 1.87. The summed E-state index contributed by atoms with van der Waals surface area (Å²) < 4.78 is 12.8. The summed E-state index contributed by atoms with van der Waals surface area (Å²) in [5, 5.41) is 8.95. The highest BCUT2D eigenvalue weighted by atomic mass is 16.6. The average molecular weight is 673 g/mol. The van der Waals surface area contributed by atoms with E-state index in [1.165, 1.54) is 0 Å². The van der Waals surface area contributed by atoms with Crippen LogP contribution >= 0.6 is 0 Å². The molecule has 0 aliphatic carbocycles. The van der Waals surface area contributed by atoms with Gasteiger partial charge in [0, 0.05) is 30.5 Å². The first-order chi connectivity index (χ1) is 23.1. The number of nitrogens with one attached hydrogen (secondary N) is 3. The normalized spacial score (nSPS) is 11.7. The second-order valence-corrected chi connectivity index (χ2v) is 13.7. The number of nitrogens with two attached hydrogens (primary N) is 1. The van der Waals surface area contributed by atoms with Crippen molar-refractivity contribution in [1.29, 1.82) is 0 Å². The number of hydrogen-bond donors (Lipinski definition) is 4. The van der Waals surface area contributed by atoms with Crippen molar-refractivity contribution < 1.29 is 23.9 Å². The van der Waals surface area contributed by atoms with Gasteiger partial charge in [0.1, 0.15) is 22.5 Å². The standard InChI is InChI=1S/C36H48N8O5/c1-8-13-27-41-28-29(25-14-9-10-15-26(25)40-30(28)37)44(27)21-12-11-20-38-31(45)24-18-16-23(17-19-24)22-39-32(42-33(46)48-35(2,3)4)43-34(47)49-36(5,6)7/h9-10,14-19H,8,11-13,20-22H2,1-7H3,(H2,37,40)(H,38,45)(H2,39,42,43,46,47). The molecule has 4 rings (SSSR count). The van der Waals surface area contributed by atoms with Crippen LogP contribution in [0.15, 0.2) is 53.5 Å². The van der Waals surface area contributed by atoms with Crippen LogP contribution in [0.5, 0.6) is 0 Å². The van der Waals surface area contributed by atoms with Crippen molar-refractivity contribution in [3.05, 3.63) is 65.5 Å². The van der Waals surface area contributed by atoms with Gasteiger partial charge in [0.2, 0.25) is 5.96 Å². The van der Waals surface area contributed by atoms with E-state index in [1.54, 1.807) is 65.8 Å². The van der Waals surface area contributed by atoms with E-state index in [0.29, 0.717) is 17.9 Å². The summed E-state index contributed by atoms with van der Waals surface area (Å²) >= 11 is 0. The van der Waals surface area contributed by atoms with Gasteiger partial charge in [0.15, 0.2) is 5.82 Å². The van der Waals surface area contributed by atoms with Gasteiger partial charge < -0.3 is 25.1 Å². The lowest BCUT2D eigenvalue weighted by Crippen LogP contribution is -2.47. The molecular weight excluding hydrogens is 624 g/mol. The molecular formula is C36H48N8O5. The summed E-state index contributed by atoms with van der Waals surface area (Å²) in [5.41, 5.74) is 8.66. The zero-order valence-corrected chi connectivity index (χ0v) is 29.5. The predicted molar refractivity (Wildman–Crippen MR) is 191 cm³/mol. The summed E-state index contributed by atoms with van der Waals surface area (Å²) in [4.78, 5) is 51.3. The number of para-hydroxylation sites is 1. The summed E-state index contributed by atoms with van der Waals surface area (Å²) in [5.74, 6) is 1.12. The molecule has 3 amide bonds. The van der Waals surface area contributed by atoms with Gasteiger partial charge in [-0.2, -0.15) is 0 Å². The number of rotatable bonds is 10. The number of anilines is 1. The third-order valence-electron chi connectivity index (χ3n) is 7.13. The first kappa shape index (κ1) is 36.6. The molecule has 0 fully saturated rings. The van der Waals surface area contributed by atoms with E-state index < -0.39 is 23.4 Å².